The van der Waals surface area contributed by atoms with Crippen LogP contribution in [0.3, 0.4) is 0 Å². The third kappa shape index (κ3) is 6.91. The molecule has 1 aliphatic rings. The molecule has 0 heterocycles. The Morgan fingerprint density at radius 2 is 1.27 bits per heavy atom. The van der Waals surface area contributed by atoms with Crippen molar-refractivity contribution in [3.63, 3.8) is 0 Å². The number of rotatable bonds is 11. The summed E-state index contributed by atoms with van der Waals surface area (Å²) in [6.45, 7) is 10.0. The largest absolute Gasteiger partial charge is 0.383 e. The molecule has 1 saturated carbocycles. The highest BCUT2D eigenvalue weighted by molar-refractivity contribution is 5.95. The number of nitrogens with one attached hydrogen (secondary N) is 2. The summed E-state index contributed by atoms with van der Waals surface area (Å²) in [5, 5.41) is 5.90. The molecular formula is C28H38N2O3. The van der Waals surface area contributed by atoms with Crippen LogP contribution in [0, 0.1) is 0 Å². The van der Waals surface area contributed by atoms with Crippen LogP contribution in [0.4, 0.5) is 0 Å². The van der Waals surface area contributed by atoms with Crippen LogP contribution < -0.4 is 10.6 Å². The van der Waals surface area contributed by atoms with E-state index in [0.717, 1.165) is 31.2 Å². The fraction of sp³-hybridized carbons (Fsp3) is 0.500. The molecule has 3 rings (SSSR count). The van der Waals surface area contributed by atoms with Crippen LogP contribution >= 0.6 is 0 Å². The molecule has 0 aromatic heterocycles. The van der Waals surface area contributed by atoms with Crippen molar-refractivity contribution in [3.8, 4) is 0 Å². The molecule has 2 amide bonds. The van der Waals surface area contributed by atoms with E-state index in [1.165, 1.54) is 11.1 Å². The van der Waals surface area contributed by atoms with Crippen molar-refractivity contribution < 1.29 is 14.3 Å². The highest BCUT2D eigenvalue weighted by Gasteiger charge is 2.28. The second-order valence-corrected chi connectivity index (χ2v) is 10.4. The van der Waals surface area contributed by atoms with Crippen LogP contribution in [0.5, 0.6) is 0 Å². The van der Waals surface area contributed by atoms with Crippen molar-refractivity contribution in [1.82, 2.24) is 10.6 Å². The summed E-state index contributed by atoms with van der Waals surface area (Å²) in [4.78, 5) is 24.5. The number of hydrogen-bond donors (Lipinski definition) is 2. The Hall–Kier alpha value is -2.66. The number of carbonyl (C=O) groups excluding carboxylic acids is 2. The molecule has 33 heavy (non-hydrogen) atoms. The zero-order valence-corrected chi connectivity index (χ0v) is 20.7. The van der Waals surface area contributed by atoms with Crippen molar-refractivity contribution in [2.45, 2.75) is 70.3 Å². The monoisotopic (exact) mass is 450 g/mol. The summed E-state index contributed by atoms with van der Waals surface area (Å²) in [5.74, 6) is -0.0504. The molecule has 0 unspecified atom stereocenters. The average Bonchev–Trinajstić information content (AvgIpc) is 3.62. The first-order valence-electron chi connectivity index (χ1n) is 11.9. The Kier molecular flexibility index (Phi) is 7.96. The van der Waals surface area contributed by atoms with Crippen LogP contribution in [-0.2, 0) is 15.6 Å². The van der Waals surface area contributed by atoms with Gasteiger partial charge in [0.1, 0.15) is 0 Å². The number of methoxy groups -OCH3 is 1. The third-order valence-electron chi connectivity index (χ3n) is 6.74. The lowest BCUT2D eigenvalue weighted by molar-refractivity contribution is 0.0933. The SMILES string of the molecule is COCCNC(=O)c1ccc(C(C)(C)CCC(C)(C)c2ccc(C(=O)NC3CC3)cc2)cc1. The predicted molar refractivity (Wildman–Crippen MR) is 133 cm³/mol. The van der Waals surface area contributed by atoms with Gasteiger partial charge in [-0.1, -0.05) is 52.0 Å². The Bertz CT molecular complexity index is 942. The van der Waals surface area contributed by atoms with Crippen molar-refractivity contribution in [3.05, 3.63) is 70.8 Å². The van der Waals surface area contributed by atoms with E-state index in [0.29, 0.717) is 24.8 Å². The Labute approximate surface area is 198 Å². The molecule has 1 fully saturated rings. The van der Waals surface area contributed by atoms with Crippen LogP contribution in [0.1, 0.15) is 85.2 Å². The van der Waals surface area contributed by atoms with E-state index < -0.39 is 0 Å². The van der Waals surface area contributed by atoms with Gasteiger partial charge in [-0.15, -0.1) is 0 Å². The van der Waals surface area contributed by atoms with Gasteiger partial charge in [-0.05, 0) is 71.9 Å². The minimum absolute atomic E-state index is 0.00998. The molecule has 1 aliphatic carbocycles. The highest BCUT2D eigenvalue weighted by Crippen LogP contribution is 2.36. The second-order valence-electron chi connectivity index (χ2n) is 10.4. The molecule has 0 spiro atoms. The molecule has 0 radical (unpaired) electrons. The van der Waals surface area contributed by atoms with Gasteiger partial charge in [-0.25, -0.2) is 0 Å². The maximum Gasteiger partial charge on any atom is 0.251 e. The second kappa shape index (κ2) is 10.5. The molecule has 2 N–H and O–H groups in total. The first kappa shape index (κ1) is 25.0. The lowest BCUT2D eigenvalue weighted by atomic mass is 9.72. The van der Waals surface area contributed by atoms with Gasteiger partial charge in [0.25, 0.3) is 11.8 Å². The standard InChI is InChI=1S/C28H38N2O3/c1-27(2,22-10-6-20(7-11-22)25(31)29-18-19-33-5)16-17-28(3,4)23-12-8-21(9-13-23)26(32)30-24-14-15-24/h6-13,24H,14-19H2,1-5H3,(H,29,31)(H,30,32). The Morgan fingerprint density at radius 1 is 0.818 bits per heavy atom. The van der Waals surface area contributed by atoms with Gasteiger partial charge >= 0.3 is 0 Å². The summed E-state index contributed by atoms with van der Waals surface area (Å²) >= 11 is 0. The summed E-state index contributed by atoms with van der Waals surface area (Å²) in [6.07, 6.45) is 4.20. The van der Waals surface area contributed by atoms with Crippen molar-refractivity contribution in [1.29, 1.82) is 0 Å². The number of ether oxygens (including phenoxy) is 1. The van der Waals surface area contributed by atoms with E-state index in [1.54, 1.807) is 7.11 Å². The van der Waals surface area contributed by atoms with E-state index >= 15 is 0 Å². The van der Waals surface area contributed by atoms with Crippen LogP contribution in [0.2, 0.25) is 0 Å². The van der Waals surface area contributed by atoms with E-state index in [-0.39, 0.29) is 22.6 Å². The van der Waals surface area contributed by atoms with E-state index in [2.05, 4.69) is 62.6 Å². The highest BCUT2D eigenvalue weighted by atomic mass is 16.5. The molecule has 178 valence electrons. The van der Waals surface area contributed by atoms with Gasteiger partial charge < -0.3 is 15.4 Å². The van der Waals surface area contributed by atoms with E-state index in [4.69, 9.17) is 4.74 Å². The Balaban J connectivity index is 1.58. The Morgan fingerprint density at radius 3 is 1.70 bits per heavy atom. The summed E-state index contributed by atoms with van der Waals surface area (Å²) in [5.41, 5.74) is 3.82. The third-order valence-corrected chi connectivity index (χ3v) is 6.74. The zero-order chi connectivity index (χ0) is 24.1. The number of carbonyl (C=O) groups is 2. The summed E-state index contributed by atoms with van der Waals surface area (Å²) in [7, 11) is 1.62. The quantitative estimate of drug-likeness (QED) is 0.474. The minimum atomic E-state index is -0.0770. The fourth-order valence-electron chi connectivity index (χ4n) is 3.92. The van der Waals surface area contributed by atoms with Gasteiger partial charge in [-0.3, -0.25) is 9.59 Å². The lowest BCUT2D eigenvalue weighted by Crippen LogP contribution is -2.27. The molecule has 0 aliphatic heterocycles. The molecule has 2 aromatic carbocycles. The molecular weight excluding hydrogens is 412 g/mol. The van der Waals surface area contributed by atoms with Gasteiger partial charge in [0.05, 0.1) is 6.61 Å². The first-order valence-corrected chi connectivity index (χ1v) is 11.9. The normalized spacial score (nSPS) is 14.1. The van der Waals surface area contributed by atoms with Gasteiger partial charge in [-0.2, -0.15) is 0 Å². The number of amides is 2. The number of hydrogen-bond acceptors (Lipinski definition) is 3. The molecule has 5 heteroatoms. The molecule has 0 saturated heterocycles. The number of benzene rings is 2. The minimum Gasteiger partial charge on any atom is -0.383 e. The van der Waals surface area contributed by atoms with Crippen molar-refractivity contribution in [2.75, 3.05) is 20.3 Å². The molecule has 2 aromatic rings. The zero-order valence-electron chi connectivity index (χ0n) is 20.7. The lowest BCUT2D eigenvalue weighted by Gasteiger charge is -2.32. The van der Waals surface area contributed by atoms with E-state index in [9.17, 15) is 9.59 Å². The van der Waals surface area contributed by atoms with Gasteiger partial charge in [0, 0.05) is 30.8 Å². The predicted octanol–water partition coefficient (Wildman–Crippen LogP) is 4.99. The van der Waals surface area contributed by atoms with Crippen LogP contribution in [0.25, 0.3) is 0 Å². The topological polar surface area (TPSA) is 67.4 Å². The maximum absolute atomic E-state index is 12.3. The fourth-order valence-corrected chi connectivity index (χ4v) is 3.92. The maximum atomic E-state index is 12.3. The van der Waals surface area contributed by atoms with Crippen molar-refractivity contribution in [2.24, 2.45) is 0 Å². The average molecular weight is 451 g/mol. The van der Waals surface area contributed by atoms with Crippen LogP contribution in [-0.4, -0.2) is 38.1 Å². The van der Waals surface area contributed by atoms with E-state index in [1.807, 2.05) is 24.3 Å². The first-order chi connectivity index (χ1) is 15.6. The molecule has 0 bridgehead atoms. The smallest absolute Gasteiger partial charge is 0.251 e. The van der Waals surface area contributed by atoms with Crippen molar-refractivity contribution >= 4 is 11.8 Å². The van der Waals surface area contributed by atoms with Gasteiger partial charge in [0.2, 0.25) is 0 Å². The molecule has 0 atom stereocenters. The summed E-state index contributed by atoms with van der Waals surface area (Å²) in [6, 6.07) is 16.3. The van der Waals surface area contributed by atoms with Crippen LogP contribution in [0.15, 0.2) is 48.5 Å². The molecule has 5 nitrogen and oxygen atoms in total. The summed E-state index contributed by atoms with van der Waals surface area (Å²) < 4.78 is 4.98. The van der Waals surface area contributed by atoms with Gasteiger partial charge in [0.15, 0.2) is 0 Å².